The second-order valence-corrected chi connectivity index (χ2v) is 4.78. The summed E-state index contributed by atoms with van der Waals surface area (Å²) in [6, 6.07) is 6.07. The summed E-state index contributed by atoms with van der Waals surface area (Å²) >= 11 is 0. The first kappa shape index (κ1) is 10.5. The first-order valence-corrected chi connectivity index (χ1v) is 6.12. The summed E-state index contributed by atoms with van der Waals surface area (Å²) in [6.45, 7) is 1.05. The third-order valence-corrected chi connectivity index (χ3v) is 3.58. The van der Waals surface area contributed by atoms with E-state index in [0.29, 0.717) is 11.7 Å². The quantitative estimate of drug-likeness (QED) is 0.568. The predicted octanol–water partition coefficient (Wildman–Crippen LogP) is 1.69. The van der Waals surface area contributed by atoms with E-state index in [1.54, 1.807) is 6.07 Å². The third kappa shape index (κ3) is 1.76. The average Bonchev–Trinajstić information content (AvgIpc) is 2.90. The number of ketones is 1. The fourth-order valence-corrected chi connectivity index (χ4v) is 2.72. The molecule has 2 aliphatic rings. The Hall–Kier alpha value is -1.61. The molecule has 1 unspecified atom stereocenters. The lowest BCUT2D eigenvalue weighted by molar-refractivity contribution is 0.103. The van der Waals surface area contributed by atoms with Crippen molar-refractivity contribution >= 4 is 11.5 Å². The normalized spacial score (nSPS) is 25.5. The smallest absolute Gasteiger partial charge is 0.191 e. The number of benzene rings is 1. The Morgan fingerprint density at radius 1 is 1.41 bits per heavy atom. The van der Waals surface area contributed by atoms with Crippen molar-refractivity contribution in [2.45, 2.75) is 25.3 Å². The van der Waals surface area contributed by atoms with Gasteiger partial charge in [0, 0.05) is 29.3 Å². The van der Waals surface area contributed by atoms with Gasteiger partial charge in [0.15, 0.2) is 5.78 Å². The molecule has 0 aromatic heterocycles. The molecule has 1 aromatic rings. The lowest BCUT2D eigenvalue weighted by Crippen LogP contribution is -2.19. The molecule has 3 N–H and O–H groups in total. The summed E-state index contributed by atoms with van der Waals surface area (Å²) in [7, 11) is 0. The summed E-state index contributed by atoms with van der Waals surface area (Å²) in [4.78, 5) is 12.2. The van der Waals surface area contributed by atoms with Crippen LogP contribution in [0.2, 0.25) is 0 Å². The standard InChI is InChI=1S/C14H16N2O/c15-12-5-1-3-9-7-10(14(17)13(9)12)8-11-4-2-6-16-11/h1,3,5,8,11,16H,2,4,6-7,15H2/b10-8-. The SMILES string of the molecule is Nc1cccc2c1C(=O)/C(=C\C1CCCN1)C2. The Morgan fingerprint density at radius 3 is 3.00 bits per heavy atom. The number of anilines is 1. The average molecular weight is 228 g/mol. The van der Waals surface area contributed by atoms with Crippen molar-refractivity contribution in [3.63, 3.8) is 0 Å². The minimum absolute atomic E-state index is 0.117. The Morgan fingerprint density at radius 2 is 2.29 bits per heavy atom. The second-order valence-electron chi connectivity index (χ2n) is 4.78. The molecule has 0 bridgehead atoms. The summed E-state index contributed by atoms with van der Waals surface area (Å²) in [6.07, 6.45) is 5.15. The molecule has 1 aliphatic carbocycles. The van der Waals surface area contributed by atoms with Gasteiger partial charge in [0.1, 0.15) is 0 Å². The van der Waals surface area contributed by atoms with Crippen molar-refractivity contribution in [1.82, 2.24) is 5.32 Å². The van der Waals surface area contributed by atoms with Crippen molar-refractivity contribution in [3.8, 4) is 0 Å². The fraction of sp³-hybridized carbons (Fsp3) is 0.357. The minimum atomic E-state index is 0.117. The van der Waals surface area contributed by atoms with Crippen molar-refractivity contribution < 1.29 is 4.79 Å². The molecular formula is C14H16N2O. The van der Waals surface area contributed by atoms with Gasteiger partial charge >= 0.3 is 0 Å². The van der Waals surface area contributed by atoms with Gasteiger partial charge in [-0.2, -0.15) is 0 Å². The highest BCUT2D eigenvalue weighted by Gasteiger charge is 2.27. The number of rotatable bonds is 1. The summed E-state index contributed by atoms with van der Waals surface area (Å²) in [5.74, 6) is 0.117. The molecule has 3 heteroatoms. The highest BCUT2D eigenvalue weighted by molar-refractivity contribution is 6.16. The first-order valence-electron chi connectivity index (χ1n) is 6.12. The van der Waals surface area contributed by atoms with Gasteiger partial charge in [-0.1, -0.05) is 18.2 Å². The third-order valence-electron chi connectivity index (χ3n) is 3.58. The highest BCUT2D eigenvalue weighted by atomic mass is 16.1. The van der Waals surface area contributed by atoms with Crippen LogP contribution in [0.4, 0.5) is 5.69 Å². The van der Waals surface area contributed by atoms with E-state index >= 15 is 0 Å². The van der Waals surface area contributed by atoms with E-state index in [2.05, 4.69) is 11.4 Å². The summed E-state index contributed by atoms with van der Waals surface area (Å²) < 4.78 is 0. The molecule has 1 aromatic carbocycles. The number of Topliss-reactive ketones (excluding diaryl/α,β-unsaturated/α-hetero) is 1. The van der Waals surface area contributed by atoms with Gasteiger partial charge in [-0.05, 0) is 31.0 Å². The highest BCUT2D eigenvalue weighted by Crippen LogP contribution is 2.31. The van der Waals surface area contributed by atoms with E-state index in [1.807, 2.05) is 12.1 Å². The van der Waals surface area contributed by atoms with Gasteiger partial charge in [0.05, 0.1) is 0 Å². The van der Waals surface area contributed by atoms with E-state index in [-0.39, 0.29) is 5.78 Å². The van der Waals surface area contributed by atoms with E-state index in [1.165, 1.54) is 6.42 Å². The second kappa shape index (κ2) is 4.00. The fourth-order valence-electron chi connectivity index (χ4n) is 2.72. The van der Waals surface area contributed by atoms with Crippen molar-refractivity contribution in [1.29, 1.82) is 0 Å². The van der Waals surface area contributed by atoms with Gasteiger partial charge < -0.3 is 11.1 Å². The number of nitrogens with one attached hydrogen (secondary N) is 1. The Balaban J connectivity index is 1.93. The topological polar surface area (TPSA) is 55.1 Å². The number of allylic oxidation sites excluding steroid dienone is 1. The Kier molecular flexibility index (Phi) is 2.48. The van der Waals surface area contributed by atoms with Crippen molar-refractivity contribution in [2.75, 3.05) is 12.3 Å². The molecule has 0 saturated carbocycles. The predicted molar refractivity (Wildman–Crippen MR) is 68.0 cm³/mol. The lowest BCUT2D eigenvalue weighted by atomic mass is 10.1. The molecule has 0 spiro atoms. The van der Waals surface area contributed by atoms with Gasteiger partial charge in [0.25, 0.3) is 0 Å². The minimum Gasteiger partial charge on any atom is -0.398 e. The number of nitrogen functional groups attached to an aromatic ring is 1. The molecule has 1 aliphatic heterocycles. The zero-order valence-electron chi connectivity index (χ0n) is 9.70. The molecule has 1 atom stereocenters. The van der Waals surface area contributed by atoms with Crippen LogP contribution in [0.25, 0.3) is 0 Å². The Bertz CT molecular complexity index is 499. The maximum Gasteiger partial charge on any atom is 0.191 e. The zero-order valence-corrected chi connectivity index (χ0v) is 9.70. The van der Waals surface area contributed by atoms with Crippen molar-refractivity contribution in [2.24, 2.45) is 0 Å². The number of nitrogens with two attached hydrogens (primary N) is 1. The number of fused-ring (bicyclic) bond motifs is 1. The van der Waals surface area contributed by atoms with Gasteiger partial charge in [-0.25, -0.2) is 0 Å². The monoisotopic (exact) mass is 228 g/mol. The molecule has 3 rings (SSSR count). The van der Waals surface area contributed by atoms with Crippen LogP contribution in [0.15, 0.2) is 29.8 Å². The van der Waals surface area contributed by atoms with Crippen LogP contribution in [0.1, 0.15) is 28.8 Å². The van der Waals surface area contributed by atoms with Crippen LogP contribution < -0.4 is 11.1 Å². The largest absolute Gasteiger partial charge is 0.398 e. The molecule has 3 nitrogen and oxygen atoms in total. The molecule has 0 radical (unpaired) electrons. The van der Waals surface area contributed by atoms with Gasteiger partial charge in [0.2, 0.25) is 0 Å². The van der Waals surface area contributed by atoms with Crippen LogP contribution in [-0.2, 0) is 6.42 Å². The molecule has 1 heterocycles. The van der Waals surface area contributed by atoms with Crippen LogP contribution in [0.3, 0.4) is 0 Å². The van der Waals surface area contributed by atoms with E-state index < -0.39 is 0 Å². The van der Waals surface area contributed by atoms with Crippen LogP contribution in [0.5, 0.6) is 0 Å². The molecular weight excluding hydrogens is 212 g/mol. The van der Waals surface area contributed by atoms with Crippen LogP contribution >= 0.6 is 0 Å². The van der Waals surface area contributed by atoms with Crippen LogP contribution in [-0.4, -0.2) is 18.4 Å². The van der Waals surface area contributed by atoms with Crippen molar-refractivity contribution in [3.05, 3.63) is 41.0 Å². The molecule has 0 amide bonds. The molecule has 1 fully saturated rings. The van der Waals surface area contributed by atoms with E-state index in [4.69, 9.17) is 5.73 Å². The van der Waals surface area contributed by atoms with Gasteiger partial charge in [-0.3, -0.25) is 4.79 Å². The first-order chi connectivity index (χ1) is 8.25. The van der Waals surface area contributed by atoms with E-state index in [0.717, 1.165) is 36.1 Å². The molecule has 17 heavy (non-hydrogen) atoms. The number of carbonyl (C=O) groups excluding carboxylic acids is 1. The summed E-state index contributed by atoms with van der Waals surface area (Å²) in [5, 5.41) is 3.39. The number of carbonyl (C=O) groups is 1. The summed E-state index contributed by atoms with van der Waals surface area (Å²) in [5.41, 5.74) is 9.16. The number of hydrogen-bond acceptors (Lipinski definition) is 3. The van der Waals surface area contributed by atoms with Crippen LogP contribution in [0, 0.1) is 0 Å². The number of hydrogen-bond donors (Lipinski definition) is 2. The lowest BCUT2D eigenvalue weighted by Gasteiger charge is -2.04. The zero-order chi connectivity index (χ0) is 11.8. The molecule has 88 valence electrons. The Labute approximate surface area is 101 Å². The maximum absolute atomic E-state index is 12.2. The van der Waals surface area contributed by atoms with E-state index in [9.17, 15) is 4.79 Å². The maximum atomic E-state index is 12.2. The van der Waals surface area contributed by atoms with Gasteiger partial charge in [-0.15, -0.1) is 0 Å². The molecule has 1 saturated heterocycles.